The first-order chi connectivity index (χ1) is 11.2. The molecule has 1 atom stereocenters. The molecule has 3 rings (SSSR count). The monoisotopic (exact) mass is 312 g/mol. The summed E-state index contributed by atoms with van der Waals surface area (Å²) in [7, 11) is 0. The van der Waals surface area contributed by atoms with E-state index in [1.807, 2.05) is 11.0 Å². The highest BCUT2D eigenvalue weighted by molar-refractivity contribution is 5.93. The zero-order valence-electron chi connectivity index (χ0n) is 12.4. The van der Waals surface area contributed by atoms with Crippen LogP contribution in [0.2, 0.25) is 0 Å². The number of amides is 1. The molecule has 1 fully saturated rings. The highest BCUT2D eigenvalue weighted by atomic mass is 16.3. The summed E-state index contributed by atoms with van der Waals surface area (Å²) in [5.74, 6) is 0.444. The van der Waals surface area contributed by atoms with Gasteiger partial charge in [0.25, 0.3) is 5.91 Å². The van der Waals surface area contributed by atoms with Crippen LogP contribution in [0.3, 0.4) is 0 Å². The number of aliphatic hydroxyl groups excluding tert-OH is 1. The van der Waals surface area contributed by atoms with Crippen molar-refractivity contribution < 1.29 is 9.90 Å². The predicted octanol–water partition coefficient (Wildman–Crippen LogP) is -0.000320. The van der Waals surface area contributed by atoms with E-state index in [4.69, 9.17) is 5.26 Å². The molecule has 2 N–H and O–H groups in total. The average Bonchev–Trinajstić information content (AvgIpc) is 2.98. The van der Waals surface area contributed by atoms with Gasteiger partial charge in [-0.05, 0) is 6.07 Å². The van der Waals surface area contributed by atoms with E-state index in [1.54, 1.807) is 23.5 Å². The maximum Gasteiger partial charge on any atom is 0.270 e. The third-order valence-corrected chi connectivity index (χ3v) is 3.71. The maximum absolute atomic E-state index is 12.5. The number of carbonyl (C=O) groups excluding carboxylic acids is 1. The molecule has 2 aromatic rings. The molecule has 3 heterocycles. The van der Waals surface area contributed by atoms with Crippen molar-refractivity contribution in [3.63, 3.8) is 0 Å². The lowest BCUT2D eigenvalue weighted by molar-refractivity contribution is 0.0669. The Labute approximate surface area is 133 Å². The zero-order valence-corrected chi connectivity index (χ0v) is 12.4. The lowest BCUT2D eigenvalue weighted by Crippen LogP contribution is -2.37. The molecule has 0 spiro atoms. The van der Waals surface area contributed by atoms with Gasteiger partial charge in [-0.15, -0.1) is 0 Å². The number of H-pyrrole nitrogens is 1. The molecule has 23 heavy (non-hydrogen) atoms. The molecule has 0 unspecified atom stereocenters. The normalized spacial score (nSPS) is 18.3. The van der Waals surface area contributed by atoms with Gasteiger partial charge in [0.2, 0.25) is 0 Å². The van der Waals surface area contributed by atoms with E-state index < -0.39 is 6.10 Å². The Morgan fingerprint density at radius 1 is 1.39 bits per heavy atom. The third-order valence-electron chi connectivity index (χ3n) is 3.71. The lowest BCUT2D eigenvalue weighted by Gasteiger charge is -2.22. The number of aliphatic hydroxyl groups is 1. The summed E-state index contributed by atoms with van der Waals surface area (Å²) in [4.78, 5) is 27.0. The summed E-state index contributed by atoms with van der Waals surface area (Å²) in [6, 6.07) is 3.49. The van der Waals surface area contributed by atoms with Gasteiger partial charge >= 0.3 is 0 Å². The minimum absolute atomic E-state index is 0.230. The number of carbonyl (C=O) groups is 1. The Balaban J connectivity index is 1.73. The maximum atomic E-state index is 12.5. The van der Waals surface area contributed by atoms with Crippen molar-refractivity contribution in [1.82, 2.24) is 19.9 Å². The highest BCUT2D eigenvalue weighted by Crippen LogP contribution is 2.14. The highest BCUT2D eigenvalue weighted by Gasteiger charge is 2.26. The fourth-order valence-corrected chi connectivity index (χ4v) is 2.59. The van der Waals surface area contributed by atoms with Gasteiger partial charge < -0.3 is 19.9 Å². The number of nitrogens with zero attached hydrogens (tertiary/aromatic N) is 5. The van der Waals surface area contributed by atoms with Crippen LogP contribution in [0.1, 0.15) is 16.1 Å². The van der Waals surface area contributed by atoms with Crippen molar-refractivity contribution in [3.05, 3.63) is 42.1 Å². The first-order valence-corrected chi connectivity index (χ1v) is 7.24. The summed E-state index contributed by atoms with van der Waals surface area (Å²) in [6.07, 6.45) is 5.62. The minimum atomic E-state index is -0.686. The van der Waals surface area contributed by atoms with Gasteiger partial charge in [-0.25, -0.2) is 4.98 Å². The summed E-state index contributed by atoms with van der Waals surface area (Å²) < 4.78 is 0. The van der Waals surface area contributed by atoms with E-state index in [1.165, 1.54) is 12.3 Å². The van der Waals surface area contributed by atoms with Gasteiger partial charge in [0.1, 0.15) is 17.6 Å². The second-order valence-electron chi connectivity index (χ2n) is 5.33. The van der Waals surface area contributed by atoms with Crippen LogP contribution in [0.15, 0.2) is 30.9 Å². The Morgan fingerprint density at radius 3 is 2.96 bits per heavy atom. The molecule has 1 saturated heterocycles. The first-order valence-electron chi connectivity index (χ1n) is 7.24. The Hall–Kier alpha value is -2.92. The van der Waals surface area contributed by atoms with E-state index >= 15 is 0 Å². The van der Waals surface area contributed by atoms with Gasteiger partial charge in [-0.2, -0.15) is 5.26 Å². The van der Waals surface area contributed by atoms with Gasteiger partial charge in [-0.1, -0.05) is 0 Å². The van der Waals surface area contributed by atoms with Crippen molar-refractivity contribution in [2.75, 3.05) is 31.1 Å². The van der Waals surface area contributed by atoms with Crippen LogP contribution in [0, 0.1) is 11.3 Å². The zero-order chi connectivity index (χ0) is 16.2. The third kappa shape index (κ3) is 3.30. The predicted molar refractivity (Wildman–Crippen MR) is 81.7 cm³/mol. The van der Waals surface area contributed by atoms with Gasteiger partial charge in [0, 0.05) is 44.8 Å². The minimum Gasteiger partial charge on any atom is -0.389 e. The fraction of sp³-hybridized carbons (Fsp3) is 0.333. The standard InChI is InChI=1S/C15H16N6O2/c16-6-11-5-13(19-7-11)15(23)21-4-3-20(9-12(22)10-21)14-8-17-1-2-18-14/h1-2,5,7-8,12,19,22H,3-4,9-10H2/t12-/m0/s1. The molecular formula is C15H16N6O2. The molecule has 1 aliphatic heterocycles. The molecule has 0 aromatic carbocycles. The van der Waals surface area contributed by atoms with Crippen molar-refractivity contribution in [2.24, 2.45) is 0 Å². The second kappa shape index (κ2) is 6.46. The van der Waals surface area contributed by atoms with E-state index in [0.29, 0.717) is 36.7 Å². The first kappa shape index (κ1) is 15.0. The van der Waals surface area contributed by atoms with E-state index in [-0.39, 0.29) is 12.5 Å². The van der Waals surface area contributed by atoms with E-state index in [0.717, 1.165) is 0 Å². The number of aromatic amines is 1. The van der Waals surface area contributed by atoms with Gasteiger partial charge in [-0.3, -0.25) is 9.78 Å². The number of β-amino-alcohol motifs (C(OH)–C–C–N with tert-alkyl or cyclic N) is 1. The average molecular weight is 312 g/mol. The number of nitrogens with one attached hydrogen (secondary N) is 1. The fourth-order valence-electron chi connectivity index (χ4n) is 2.59. The molecule has 8 nitrogen and oxygen atoms in total. The molecular weight excluding hydrogens is 296 g/mol. The number of hydrogen-bond acceptors (Lipinski definition) is 6. The Bertz CT molecular complexity index is 723. The van der Waals surface area contributed by atoms with Crippen LogP contribution in [0.4, 0.5) is 5.82 Å². The van der Waals surface area contributed by atoms with Crippen LogP contribution in [-0.4, -0.2) is 63.1 Å². The van der Waals surface area contributed by atoms with Gasteiger partial charge in [0.05, 0.1) is 17.9 Å². The quantitative estimate of drug-likeness (QED) is 0.808. The van der Waals surface area contributed by atoms with E-state index in [2.05, 4.69) is 15.0 Å². The molecule has 118 valence electrons. The number of aromatic nitrogens is 3. The molecule has 0 aliphatic carbocycles. The van der Waals surface area contributed by atoms with Gasteiger partial charge in [0.15, 0.2) is 0 Å². The van der Waals surface area contributed by atoms with Crippen molar-refractivity contribution in [2.45, 2.75) is 6.10 Å². The molecule has 2 aromatic heterocycles. The number of nitriles is 1. The number of hydrogen-bond donors (Lipinski definition) is 2. The smallest absolute Gasteiger partial charge is 0.270 e. The summed E-state index contributed by atoms with van der Waals surface area (Å²) in [5.41, 5.74) is 0.756. The summed E-state index contributed by atoms with van der Waals surface area (Å²) >= 11 is 0. The van der Waals surface area contributed by atoms with Crippen molar-refractivity contribution in [3.8, 4) is 6.07 Å². The van der Waals surface area contributed by atoms with Crippen LogP contribution >= 0.6 is 0 Å². The SMILES string of the molecule is N#Cc1c[nH]c(C(=O)N2CCN(c3cnccn3)C[C@H](O)C2)c1. The molecule has 1 amide bonds. The largest absolute Gasteiger partial charge is 0.389 e. The second-order valence-corrected chi connectivity index (χ2v) is 5.33. The van der Waals surface area contributed by atoms with Crippen molar-refractivity contribution >= 4 is 11.7 Å². The van der Waals surface area contributed by atoms with Crippen LogP contribution in [0.25, 0.3) is 0 Å². The number of anilines is 1. The Morgan fingerprint density at radius 2 is 2.26 bits per heavy atom. The summed E-state index contributed by atoms with van der Waals surface area (Å²) in [5, 5.41) is 19.0. The molecule has 1 aliphatic rings. The van der Waals surface area contributed by atoms with Crippen LogP contribution < -0.4 is 4.90 Å². The Kier molecular flexibility index (Phi) is 4.21. The topological polar surface area (TPSA) is 109 Å². The number of rotatable bonds is 2. The molecule has 0 saturated carbocycles. The lowest BCUT2D eigenvalue weighted by atomic mass is 10.2. The molecule has 8 heteroatoms. The summed E-state index contributed by atoms with van der Waals surface area (Å²) in [6.45, 7) is 1.62. The van der Waals surface area contributed by atoms with Crippen molar-refractivity contribution in [1.29, 1.82) is 5.26 Å². The van der Waals surface area contributed by atoms with Crippen LogP contribution in [-0.2, 0) is 0 Å². The van der Waals surface area contributed by atoms with E-state index in [9.17, 15) is 9.90 Å². The molecule has 0 bridgehead atoms. The van der Waals surface area contributed by atoms with Crippen LogP contribution in [0.5, 0.6) is 0 Å². The molecule has 0 radical (unpaired) electrons.